The molecule has 1 saturated heterocycles. The number of ether oxygens (including phenoxy) is 3. The van der Waals surface area contributed by atoms with Crippen LogP contribution in [0.5, 0.6) is 0 Å². The van der Waals surface area contributed by atoms with Crippen molar-refractivity contribution in [1.29, 1.82) is 0 Å². The third-order valence-electron chi connectivity index (χ3n) is 1.38. The van der Waals surface area contributed by atoms with Crippen molar-refractivity contribution in [2.24, 2.45) is 0 Å². The maximum atomic E-state index is 10.8. The minimum atomic E-state index is -0.675. The summed E-state index contributed by atoms with van der Waals surface area (Å²) < 4.78 is 14.5. The highest BCUT2D eigenvalue weighted by Gasteiger charge is 2.17. The summed E-state index contributed by atoms with van der Waals surface area (Å²) in [7, 11) is 0. The first-order valence-electron chi connectivity index (χ1n) is 3.98. The molecule has 70 valence electrons. The van der Waals surface area contributed by atoms with Gasteiger partial charge in [-0.1, -0.05) is 0 Å². The first-order chi connectivity index (χ1) is 5.83. The zero-order valence-electron chi connectivity index (χ0n) is 7.04. The van der Waals surface area contributed by atoms with Crippen molar-refractivity contribution in [3.05, 3.63) is 0 Å². The highest BCUT2D eigenvalue weighted by atomic mass is 16.8. The van der Waals surface area contributed by atoms with Crippen molar-refractivity contribution in [2.45, 2.75) is 13.2 Å². The SMILES string of the molecule is CCOC(=O)OC1CNCCO1. The van der Waals surface area contributed by atoms with Crippen LogP contribution in [0.2, 0.25) is 0 Å². The van der Waals surface area contributed by atoms with Gasteiger partial charge in [0.1, 0.15) is 0 Å². The third kappa shape index (κ3) is 3.06. The van der Waals surface area contributed by atoms with Crippen LogP contribution in [-0.4, -0.2) is 38.7 Å². The largest absolute Gasteiger partial charge is 0.510 e. The van der Waals surface area contributed by atoms with Crippen LogP contribution in [0.15, 0.2) is 0 Å². The van der Waals surface area contributed by atoms with Gasteiger partial charge in [-0.3, -0.25) is 0 Å². The van der Waals surface area contributed by atoms with Gasteiger partial charge >= 0.3 is 6.16 Å². The zero-order valence-corrected chi connectivity index (χ0v) is 7.04. The molecule has 0 bridgehead atoms. The van der Waals surface area contributed by atoms with Gasteiger partial charge in [-0.15, -0.1) is 0 Å². The molecule has 0 amide bonds. The van der Waals surface area contributed by atoms with Crippen LogP contribution in [0, 0.1) is 0 Å². The molecule has 5 heteroatoms. The molecule has 1 unspecified atom stereocenters. The molecule has 1 heterocycles. The molecule has 1 rings (SSSR count). The van der Waals surface area contributed by atoms with Crippen LogP contribution in [0.3, 0.4) is 0 Å². The van der Waals surface area contributed by atoms with Crippen molar-refractivity contribution in [2.75, 3.05) is 26.3 Å². The van der Waals surface area contributed by atoms with Gasteiger partial charge in [-0.2, -0.15) is 0 Å². The lowest BCUT2D eigenvalue weighted by molar-refractivity contribution is -0.132. The van der Waals surface area contributed by atoms with E-state index in [4.69, 9.17) is 9.47 Å². The summed E-state index contributed by atoms with van der Waals surface area (Å²) >= 11 is 0. The van der Waals surface area contributed by atoms with Crippen molar-refractivity contribution in [3.8, 4) is 0 Å². The van der Waals surface area contributed by atoms with Crippen molar-refractivity contribution < 1.29 is 19.0 Å². The van der Waals surface area contributed by atoms with Crippen LogP contribution < -0.4 is 5.32 Å². The molecule has 1 atom stereocenters. The Morgan fingerprint density at radius 3 is 3.17 bits per heavy atom. The molecule has 1 aliphatic rings. The number of hydrogen-bond donors (Lipinski definition) is 1. The molecule has 0 aromatic carbocycles. The minimum Gasteiger partial charge on any atom is -0.435 e. The second kappa shape index (κ2) is 4.95. The predicted octanol–water partition coefficient (Wildman–Crippen LogP) is 0.105. The van der Waals surface area contributed by atoms with Crippen LogP contribution in [0.4, 0.5) is 4.79 Å². The number of rotatable bonds is 2. The van der Waals surface area contributed by atoms with Crippen LogP contribution >= 0.6 is 0 Å². The zero-order chi connectivity index (χ0) is 8.81. The van der Waals surface area contributed by atoms with Gasteiger partial charge < -0.3 is 19.5 Å². The summed E-state index contributed by atoms with van der Waals surface area (Å²) in [6, 6.07) is 0. The lowest BCUT2D eigenvalue weighted by Gasteiger charge is -2.22. The fraction of sp³-hybridized carbons (Fsp3) is 0.857. The van der Waals surface area contributed by atoms with Gasteiger partial charge in [0.25, 0.3) is 0 Å². The number of morpholine rings is 1. The van der Waals surface area contributed by atoms with E-state index in [-0.39, 0.29) is 0 Å². The first-order valence-corrected chi connectivity index (χ1v) is 3.98. The molecule has 0 spiro atoms. The average molecular weight is 175 g/mol. The van der Waals surface area contributed by atoms with Gasteiger partial charge in [0.15, 0.2) is 0 Å². The smallest absolute Gasteiger partial charge is 0.435 e. The van der Waals surface area contributed by atoms with E-state index in [9.17, 15) is 4.79 Å². The Labute approximate surface area is 71.0 Å². The number of hydrogen-bond acceptors (Lipinski definition) is 5. The van der Waals surface area contributed by atoms with Crippen molar-refractivity contribution >= 4 is 6.16 Å². The molecular weight excluding hydrogens is 162 g/mol. The number of carbonyl (C=O) groups is 1. The molecule has 1 N–H and O–H groups in total. The van der Waals surface area contributed by atoms with Crippen LogP contribution in [-0.2, 0) is 14.2 Å². The number of carbonyl (C=O) groups excluding carboxylic acids is 1. The molecule has 1 aliphatic heterocycles. The van der Waals surface area contributed by atoms with E-state index in [0.29, 0.717) is 19.8 Å². The molecule has 0 aliphatic carbocycles. The Balaban J connectivity index is 2.15. The monoisotopic (exact) mass is 175 g/mol. The summed E-state index contributed by atoms with van der Waals surface area (Å²) in [4.78, 5) is 10.8. The molecule has 1 fully saturated rings. The summed E-state index contributed by atoms with van der Waals surface area (Å²) in [5, 5.41) is 3.02. The van der Waals surface area contributed by atoms with E-state index in [2.05, 4.69) is 10.1 Å². The molecule has 12 heavy (non-hydrogen) atoms. The maximum absolute atomic E-state index is 10.8. The Bertz CT molecular complexity index is 144. The van der Waals surface area contributed by atoms with E-state index >= 15 is 0 Å². The Morgan fingerprint density at radius 1 is 1.75 bits per heavy atom. The summed E-state index contributed by atoms with van der Waals surface area (Å²) in [5.41, 5.74) is 0. The quantitative estimate of drug-likeness (QED) is 0.603. The van der Waals surface area contributed by atoms with Crippen LogP contribution in [0.25, 0.3) is 0 Å². The molecule has 5 nitrogen and oxygen atoms in total. The highest BCUT2D eigenvalue weighted by molar-refractivity contribution is 5.59. The molecule has 0 aromatic heterocycles. The highest BCUT2D eigenvalue weighted by Crippen LogP contribution is 1.99. The first kappa shape index (κ1) is 9.28. The standard InChI is InChI=1S/C7H13NO4/c1-2-10-7(9)12-6-5-8-3-4-11-6/h6,8H,2-5H2,1H3. The Kier molecular flexibility index (Phi) is 3.83. The van der Waals surface area contributed by atoms with Crippen molar-refractivity contribution in [3.63, 3.8) is 0 Å². The van der Waals surface area contributed by atoms with Gasteiger partial charge in [0.05, 0.1) is 19.8 Å². The Hall–Kier alpha value is -0.810. The second-order valence-electron chi connectivity index (χ2n) is 2.31. The lowest BCUT2D eigenvalue weighted by atomic mass is 10.5. The minimum absolute atomic E-state index is 0.318. The molecular formula is C7H13NO4. The topological polar surface area (TPSA) is 56.8 Å². The van der Waals surface area contributed by atoms with E-state index in [1.54, 1.807) is 6.92 Å². The van der Waals surface area contributed by atoms with E-state index in [1.165, 1.54) is 0 Å². The summed E-state index contributed by atoms with van der Waals surface area (Å²) in [6.07, 6.45) is -1.18. The second-order valence-corrected chi connectivity index (χ2v) is 2.31. The predicted molar refractivity (Wildman–Crippen MR) is 40.7 cm³/mol. The van der Waals surface area contributed by atoms with Crippen molar-refractivity contribution in [1.82, 2.24) is 5.32 Å². The maximum Gasteiger partial charge on any atom is 0.510 e. The van der Waals surface area contributed by atoms with E-state index in [0.717, 1.165) is 6.54 Å². The molecule has 0 saturated carbocycles. The van der Waals surface area contributed by atoms with Gasteiger partial charge in [0, 0.05) is 6.54 Å². The van der Waals surface area contributed by atoms with E-state index in [1.807, 2.05) is 0 Å². The fourth-order valence-electron chi connectivity index (χ4n) is 0.876. The summed E-state index contributed by atoms with van der Waals surface area (Å²) in [6.45, 7) is 3.92. The van der Waals surface area contributed by atoms with Gasteiger partial charge in [-0.05, 0) is 6.92 Å². The van der Waals surface area contributed by atoms with Gasteiger partial charge in [0.2, 0.25) is 6.29 Å². The van der Waals surface area contributed by atoms with Crippen LogP contribution in [0.1, 0.15) is 6.92 Å². The Morgan fingerprint density at radius 2 is 2.58 bits per heavy atom. The van der Waals surface area contributed by atoms with Gasteiger partial charge in [-0.25, -0.2) is 4.79 Å². The molecule has 0 aromatic rings. The summed E-state index contributed by atoms with van der Waals surface area (Å²) in [5.74, 6) is 0. The average Bonchev–Trinajstić information content (AvgIpc) is 2.06. The number of nitrogens with one attached hydrogen (secondary N) is 1. The molecule has 0 radical (unpaired) electrons. The third-order valence-corrected chi connectivity index (χ3v) is 1.38. The normalized spacial score (nSPS) is 23.2. The fourth-order valence-corrected chi connectivity index (χ4v) is 0.876. The van der Waals surface area contributed by atoms with E-state index < -0.39 is 12.4 Å². The lowest BCUT2D eigenvalue weighted by Crippen LogP contribution is -2.41.